The summed E-state index contributed by atoms with van der Waals surface area (Å²) in [6, 6.07) is 0.357. The normalized spacial score (nSPS) is 20.7. The van der Waals surface area contributed by atoms with E-state index in [0.29, 0.717) is 18.6 Å². The van der Waals surface area contributed by atoms with Crippen LogP contribution in [0.25, 0.3) is 0 Å². The van der Waals surface area contributed by atoms with Crippen molar-refractivity contribution in [2.45, 2.75) is 45.6 Å². The molecular formula is C13H26N2O2. The first-order chi connectivity index (χ1) is 8.15. The van der Waals surface area contributed by atoms with Crippen LogP contribution in [-0.2, 0) is 4.74 Å². The number of carbonyl (C=O) groups excluding carboxylic acids is 1. The second-order valence-corrected chi connectivity index (χ2v) is 5.21. The summed E-state index contributed by atoms with van der Waals surface area (Å²) in [6.45, 7) is 6.45. The Labute approximate surface area is 105 Å². The van der Waals surface area contributed by atoms with Crippen LogP contribution in [0, 0.1) is 5.92 Å². The lowest BCUT2D eigenvalue weighted by Crippen LogP contribution is -2.45. The largest absolute Gasteiger partial charge is 0.449 e. The summed E-state index contributed by atoms with van der Waals surface area (Å²) in [6.07, 6.45) is 4.33. The summed E-state index contributed by atoms with van der Waals surface area (Å²) >= 11 is 0. The minimum absolute atomic E-state index is 0.125. The molecule has 0 aromatic carbocycles. The standard InChI is InChI=1S/C13H26N2O2/c1-11(2)10-17-13(16)15-9-5-4-6-12(15)7-8-14-3/h11-12,14H,4-10H2,1-3H3. The van der Waals surface area contributed by atoms with Gasteiger partial charge >= 0.3 is 6.09 Å². The zero-order chi connectivity index (χ0) is 12.7. The van der Waals surface area contributed by atoms with Gasteiger partial charge in [-0.25, -0.2) is 4.79 Å². The van der Waals surface area contributed by atoms with Gasteiger partial charge in [0.05, 0.1) is 6.61 Å². The molecule has 1 heterocycles. The van der Waals surface area contributed by atoms with Gasteiger partial charge < -0.3 is 15.0 Å². The van der Waals surface area contributed by atoms with Crippen LogP contribution in [0.4, 0.5) is 4.79 Å². The van der Waals surface area contributed by atoms with E-state index in [-0.39, 0.29) is 6.09 Å². The first-order valence-electron chi connectivity index (χ1n) is 6.73. The lowest BCUT2D eigenvalue weighted by Gasteiger charge is -2.35. The number of amides is 1. The van der Waals surface area contributed by atoms with Gasteiger partial charge in [0.15, 0.2) is 0 Å². The van der Waals surface area contributed by atoms with E-state index in [1.165, 1.54) is 6.42 Å². The van der Waals surface area contributed by atoms with Crippen LogP contribution < -0.4 is 5.32 Å². The number of nitrogens with one attached hydrogen (secondary N) is 1. The number of hydrogen-bond donors (Lipinski definition) is 1. The Morgan fingerprint density at radius 2 is 2.24 bits per heavy atom. The number of piperidine rings is 1. The number of likely N-dealkylation sites (tertiary alicyclic amines) is 1. The number of hydrogen-bond acceptors (Lipinski definition) is 3. The highest BCUT2D eigenvalue weighted by atomic mass is 16.6. The third-order valence-electron chi connectivity index (χ3n) is 3.13. The van der Waals surface area contributed by atoms with Crippen molar-refractivity contribution in [1.29, 1.82) is 0 Å². The Morgan fingerprint density at radius 3 is 2.88 bits per heavy atom. The van der Waals surface area contributed by atoms with E-state index >= 15 is 0 Å². The minimum Gasteiger partial charge on any atom is -0.449 e. The van der Waals surface area contributed by atoms with Crippen molar-refractivity contribution in [2.24, 2.45) is 5.92 Å². The molecule has 0 aromatic rings. The van der Waals surface area contributed by atoms with Crippen molar-refractivity contribution < 1.29 is 9.53 Å². The maximum absolute atomic E-state index is 12.0. The molecule has 4 heteroatoms. The number of ether oxygens (including phenoxy) is 1. The van der Waals surface area contributed by atoms with Gasteiger partial charge in [-0.2, -0.15) is 0 Å². The molecule has 4 nitrogen and oxygen atoms in total. The summed E-state index contributed by atoms with van der Waals surface area (Å²) < 4.78 is 5.32. The zero-order valence-electron chi connectivity index (χ0n) is 11.4. The lowest BCUT2D eigenvalue weighted by molar-refractivity contribution is 0.0636. The number of carbonyl (C=O) groups is 1. The van der Waals surface area contributed by atoms with Crippen molar-refractivity contribution in [1.82, 2.24) is 10.2 Å². The predicted molar refractivity (Wildman–Crippen MR) is 69.1 cm³/mol. The fourth-order valence-electron chi connectivity index (χ4n) is 2.17. The Balaban J connectivity index is 2.42. The van der Waals surface area contributed by atoms with E-state index in [9.17, 15) is 4.79 Å². The molecule has 0 bridgehead atoms. The molecular weight excluding hydrogens is 216 g/mol. The molecule has 0 spiro atoms. The molecule has 0 aromatic heterocycles. The van der Waals surface area contributed by atoms with Gasteiger partial charge in [-0.1, -0.05) is 13.8 Å². The molecule has 1 aliphatic heterocycles. The minimum atomic E-state index is -0.125. The summed E-state index contributed by atoms with van der Waals surface area (Å²) in [7, 11) is 1.95. The second-order valence-electron chi connectivity index (χ2n) is 5.21. The van der Waals surface area contributed by atoms with E-state index in [1.807, 2.05) is 11.9 Å². The number of rotatable bonds is 5. The Morgan fingerprint density at radius 1 is 1.47 bits per heavy atom. The van der Waals surface area contributed by atoms with E-state index in [4.69, 9.17) is 4.74 Å². The predicted octanol–water partition coefficient (Wildman–Crippen LogP) is 2.24. The SMILES string of the molecule is CNCCC1CCCCN1C(=O)OCC(C)C. The van der Waals surface area contributed by atoms with E-state index < -0.39 is 0 Å². The van der Waals surface area contributed by atoms with Crippen LogP contribution in [0.1, 0.15) is 39.5 Å². The van der Waals surface area contributed by atoms with Crippen LogP contribution in [-0.4, -0.2) is 43.8 Å². The maximum atomic E-state index is 12.0. The molecule has 1 rings (SSSR count). The highest BCUT2D eigenvalue weighted by molar-refractivity contribution is 5.68. The molecule has 1 fully saturated rings. The average molecular weight is 242 g/mol. The topological polar surface area (TPSA) is 41.6 Å². The van der Waals surface area contributed by atoms with Gasteiger partial charge in [-0.15, -0.1) is 0 Å². The smallest absolute Gasteiger partial charge is 0.410 e. The first-order valence-corrected chi connectivity index (χ1v) is 6.73. The lowest BCUT2D eigenvalue weighted by atomic mass is 10.00. The van der Waals surface area contributed by atoms with Crippen LogP contribution >= 0.6 is 0 Å². The molecule has 1 unspecified atom stereocenters. The van der Waals surface area contributed by atoms with Gasteiger partial charge in [0.25, 0.3) is 0 Å². The summed E-state index contributed by atoms with van der Waals surface area (Å²) in [5, 5.41) is 3.15. The van der Waals surface area contributed by atoms with Crippen LogP contribution in [0.2, 0.25) is 0 Å². The molecule has 1 saturated heterocycles. The molecule has 17 heavy (non-hydrogen) atoms. The molecule has 1 aliphatic rings. The van der Waals surface area contributed by atoms with Crippen molar-refractivity contribution in [3.05, 3.63) is 0 Å². The third-order valence-corrected chi connectivity index (χ3v) is 3.13. The molecule has 1 N–H and O–H groups in total. The fourth-order valence-corrected chi connectivity index (χ4v) is 2.17. The van der Waals surface area contributed by atoms with Crippen molar-refractivity contribution in [3.63, 3.8) is 0 Å². The van der Waals surface area contributed by atoms with Crippen LogP contribution in [0.5, 0.6) is 0 Å². The molecule has 0 radical (unpaired) electrons. The fraction of sp³-hybridized carbons (Fsp3) is 0.923. The molecule has 1 atom stereocenters. The highest BCUT2D eigenvalue weighted by Gasteiger charge is 2.27. The van der Waals surface area contributed by atoms with Crippen molar-refractivity contribution in [3.8, 4) is 0 Å². The van der Waals surface area contributed by atoms with Gasteiger partial charge in [-0.3, -0.25) is 0 Å². The van der Waals surface area contributed by atoms with Crippen molar-refractivity contribution in [2.75, 3.05) is 26.7 Å². The average Bonchev–Trinajstić information content (AvgIpc) is 2.33. The first kappa shape index (κ1) is 14.3. The monoisotopic (exact) mass is 242 g/mol. The Bertz CT molecular complexity index is 231. The van der Waals surface area contributed by atoms with Crippen LogP contribution in [0.15, 0.2) is 0 Å². The van der Waals surface area contributed by atoms with Gasteiger partial charge in [0.1, 0.15) is 0 Å². The van der Waals surface area contributed by atoms with Gasteiger partial charge in [-0.05, 0) is 45.2 Å². The van der Waals surface area contributed by atoms with E-state index in [2.05, 4.69) is 19.2 Å². The third kappa shape index (κ3) is 4.94. The summed E-state index contributed by atoms with van der Waals surface area (Å²) in [5.41, 5.74) is 0. The van der Waals surface area contributed by atoms with E-state index in [0.717, 1.165) is 32.4 Å². The Hall–Kier alpha value is -0.770. The van der Waals surface area contributed by atoms with Gasteiger partial charge in [0, 0.05) is 12.6 Å². The quantitative estimate of drug-likeness (QED) is 0.804. The van der Waals surface area contributed by atoms with E-state index in [1.54, 1.807) is 0 Å². The molecule has 100 valence electrons. The Kier molecular flexibility index (Phi) is 6.34. The van der Waals surface area contributed by atoms with Gasteiger partial charge in [0.2, 0.25) is 0 Å². The molecule has 0 saturated carbocycles. The van der Waals surface area contributed by atoms with Crippen molar-refractivity contribution >= 4 is 6.09 Å². The molecule has 1 amide bonds. The summed E-state index contributed by atoms with van der Waals surface area (Å²) in [4.78, 5) is 13.9. The second kappa shape index (κ2) is 7.54. The highest BCUT2D eigenvalue weighted by Crippen LogP contribution is 2.20. The molecule has 0 aliphatic carbocycles. The zero-order valence-corrected chi connectivity index (χ0v) is 11.4. The van der Waals surface area contributed by atoms with Crippen LogP contribution in [0.3, 0.4) is 0 Å². The number of nitrogens with zero attached hydrogens (tertiary/aromatic N) is 1. The maximum Gasteiger partial charge on any atom is 0.410 e. The summed E-state index contributed by atoms with van der Waals surface area (Å²) in [5.74, 6) is 0.402.